The second kappa shape index (κ2) is 9.50. The quantitative estimate of drug-likeness (QED) is 0.365. The molecule has 0 bridgehead atoms. The van der Waals surface area contributed by atoms with Crippen molar-refractivity contribution in [1.82, 2.24) is 0 Å². The second-order valence-electron chi connectivity index (χ2n) is 6.33. The number of anilines is 1. The maximum atomic E-state index is 11.5. The highest BCUT2D eigenvalue weighted by Gasteiger charge is 2.24. The number of carbonyl (C=O) groups is 3. The van der Waals surface area contributed by atoms with Gasteiger partial charge < -0.3 is 25.4 Å². The van der Waals surface area contributed by atoms with Gasteiger partial charge in [0, 0.05) is 12.2 Å². The molecule has 4 N–H and O–H groups in total. The van der Waals surface area contributed by atoms with Crippen molar-refractivity contribution < 1.29 is 34.4 Å². The summed E-state index contributed by atoms with van der Waals surface area (Å²) in [5.74, 6) is -3.71. The van der Waals surface area contributed by atoms with Gasteiger partial charge in [-0.05, 0) is 35.4 Å². The average Bonchev–Trinajstić information content (AvgIpc) is 3.07. The highest BCUT2D eigenvalue weighted by atomic mass is 35.5. The molecule has 160 valence electrons. The van der Waals surface area contributed by atoms with Crippen LogP contribution in [-0.2, 0) is 11.3 Å². The Balaban J connectivity index is 1.85. The molecule has 0 aliphatic heterocycles. The van der Waals surface area contributed by atoms with Crippen LogP contribution in [0.2, 0.25) is 5.02 Å². The Morgan fingerprint density at radius 1 is 1.00 bits per heavy atom. The van der Waals surface area contributed by atoms with Crippen molar-refractivity contribution in [2.45, 2.75) is 6.54 Å². The van der Waals surface area contributed by atoms with E-state index in [4.69, 9.17) is 26.6 Å². The number of ether oxygens (including phenoxy) is 1. The third kappa shape index (κ3) is 5.33. The number of hydrogen-bond acceptors (Lipinski definition) is 6. The largest absolute Gasteiger partial charge is 0.479 e. The SMILES string of the molecule is O=C(O)COc1c(C(=O)O)sc(-c2cccc(NCc3cccc(C(=O)O)c3)c2)c1Cl. The highest BCUT2D eigenvalue weighted by Crippen LogP contribution is 2.45. The number of nitrogens with one attached hydrogen (secondary N) is 1. The summed E-state index contributed by atoms with van der Waals surface area (Å²) in [7, 11) is 0. The van der Waals surface area contributed by atoms with Gasteiger partial charge >= 0.3 is 17.9 Å². The number of thiophene rings is 1. The minimum atomic E-state index is -1.27. The first-order valence-electron chi connectivity index (χ1n) is 8.83. The first-order chi connectivity index (χ1) is 14.8. The van der Waals surface area contributed by atoms with Gasteiger partial charge in [0.1, 0.15) is 5.02 Å². The summed E-state index contributed by atoms with van der Waals surface area (Å²) in [5, 5.41) is 30.5. The van der Waals surface area contributed by atoms with Gasteiger partial charge in [-0.1, -0.05) is 35.9 Å². The van der Waals surface area contributed by atoms with Crippen molar-refractivity contribution in [1.29, 1.82) is 0 Å². The van der Waals surface area contributed by atoms with Crippen LogP contribution in [0, 0.1) is 0 Å². The predicted octanol–water partition coefficient (Wildman–Crippen LogP) is 4.54. The fraction of sp³-hybridized carbons (Fsp3) is 0.0952. The molecule has 3 aromatic rings. The zero-order valence-electron chi connectivity index (χ0n) is 15.8. The van der Waals surface area contributed by atoms with Crippen LogP contribution in [0.3, 0.4) is 0 Å². The molecule has 0 aliphatic carbocycles. The first-order valence-corrected chi connectivity index (χ1v) is 10.0. The van der Waals surface area contributed by atoms with Gasteiger partial charge in [0.25, 0.3) is 0 Å². The van der Waals surface area contributed by atoms with Gasteiger partial charge in [-0.25, -0.2) is 14.4 Å². The first kappa shape index (κ1) is 22.1. The Morgan fingerprint density at radius 2 is 1.74 bits per heavy atom. The number of halogens is 1. The molecule has 8 nitrogen and oxygen atoms in total. The van der Waals surface area contributed by atoms with Crippen molar-refractivity contribution >= 4 is 46.5 Å². The summed E-state index contributed by atoms with van der Waals surface area (Å²) in [5.41, 5.74) is 2.28. The van der Waals surface area contributed by atoms with Gasteiger partial charge in [0.15, 0.2) is 17.2 Å². The van der Waals surface area contributed by atoms with E-state index in [9.17, 15) is 19.5 Å². The zero-order chi connectivity index (χ0) is 22.5. The van der Waals surface area contributed by atoms with E-state index in [2.05, 4.69) is 5.32 Å². The van der Waals surface area contributed by atoms with E-state index in [-0.39, 0.29) is 21.2 Å². The van der Waals surface area contributed by atoms with Gasteiger partial charge in [0.05, 0.1) is 10.4 Å². The number of carboxylic acid groups (broad SMARTS) is 3. The molecule has 3 rings (SSSR count). The number of benzene rings is 2. The Kier molecular flexibility index (Phi) is 6.78. The number of carboxylic acids is 3. The summed E-state index contributed by atoms with van der Waals surface area (Å²) in [4.78, 5) is 33.7. The minimum absolute atomic E-state index is 0.0231. The van der Waals surface area contributed by atoms with Crippen LogP contribution in [0.5, 0.6) is 5.75 Å². The molecule has 0 atom stereocenters. The van der Waals surface area contributed by atoms with Crippen LogP contribution in [-0.4, -0.2) is 39.8 Å². The minimum Gasteiger partial charge on any atom is -0.479 e. The number of aliphatic carboxylic acids is 1. The normalized spacial score (nSPS) is 10.5. The highest BCUT2D eigenvalue weighted by molar-refractivity contribution is 7.18. The van der Waals surface area contributed by atoms with Crippen LogP contribution < -0.4 is 10.1 Å². The molecule has 31 heavy (non-hydrogen) atoms. The Bertz CT molecular complexity index is 1160. The standard InChI is InChI=1S/C21H16ClNO7S/c22-16-17(30-10-15(24)25)19(21(28)29)31-18(16)12-4-2-6-14(8-12)23-9-11-3-1-5-13(7-11)20(26)27/h1-8,23H,9-10H2,(H,24,25)(H,26,27)(H,28,29). The molecule has 0 spiro atoms. The van der Waals surface area contributed by atoms with Crippen LogP contribution in [0.25, 0.3) is 10.4 Å². The lowest BCUT2D eigenvalue weighted by Gasteiger charge is -2.09. The molecule has 2 aromatic carbocycles. The third-order valence-electron chi connectivity index (χ3n) is 4.14. The Labute approximate surface area is 185 Å². The lowest BCUT2D eigenvalue weighted by molar-refractivity contribution is -0.139. The molecule has 0 fully saturated rings. The van der Waals surface area contributed by atoms with E-state index in [0.717, 1.165) is 16.9 Å². The van der Waals surface area contributed by atoms with Gasteiger partial charge in [-0.3, -0.25) is 0 Å². The molecule has 1 aromatic heterocycles. The zero-order valence-corrected chi connectivity index (χ0v) is 17.4. The second-order valence-corrected chi connectivity index (χ2v) is 7.73. The Morgan fingerprint density at radius 3 is 2.42 bits per heavy atom. The molecule has 0 saturated carbocycles. The monoisotopic (exact) mass is 461 g/mol. The molecule has 10 heteroatoms. The predicted molar refractivity (Wildman–Crippen MR) is 116 cm³/mol. The topological polar surface area (TPSA) is 133 Å². The van der Waals surface area contributed by atoms with Crippen molar-refractivity contribution in [2.24, 2.45) is 0 Å². The molecule has 0 unspecified atom stereocenters. The molecule has 0 amide bonds. The maximum Gasteiger partial charge on any atom is 0.349 e. The lowest BCUT2D eigenvalue weighted by Crippen LogP contribution is -2.10. The molecule has 0 saturated heterocycles. The van der Waals surface area contributed by atoms with Crippen LogP contribution in [0.4, 0.5) is 5.69 Å². The molecule has 0 radical (unpaired) electrons. The van der Waals surface area contributed by atoms with Gasteiger partial charge in [-0.15, -0.1) is 11.3 Å². The van der Waals surface area contributed by atoms with Crippen LogP contribution in [0.15, 0.2) is 48.5 Å². The smallest absolute Gasteiger partial charge is 0.349 e. The number of aromatic carboxylic acids is 2. The van der Waals surface area contributed by atoms with E-state index in [1.54, 1.807) is 42.5 Å². The summed E-state index contributed by atoms with van der Waals surface area (Å²) in [6.45, 7) is -0.344. The summed E-state index contributed by atoms with van der Waals surface area (Å²) in [6.07, 6.45) is 0. The third-order valence-corrected chi connectivity index (χ3v) is 5.82. The van der Waals surface area contributed by atoms with Crippen LogP contribution in [0.1, 0.15) is 25.6 Å². The van der Waals surface area contributed by atoms with E-state index in [1.807, 2.05) is 0 Å². The number of rotatable bonds is 9. The fourth-order valence-electron chi connectivity index (χ4n) is 2.77. The maximum absolute atomic E-state index is 11.5. The van der Waals surface area contributed by atoms with E-state index < -0.39 is 24.5 Å². The molecule has 0 aliphatic rings. The average molecular weight is 462 g/mol. The lowest BCUT2D eigenvalue weighted by atomic mass is 10.1. The van der Waals surface area contributed by atoms with Gasteiger partial charge in [0.2, 0.25) is 0 Å². The fourth-order valence-corrected chi connectivity index (χ4v) is 4.18. The number of hydrogen-bond donors (Lipinski definition) is 4. The summed E-state index contributed by atoms with van der Waals surface area (Å²) in [6, 6.07) is 13.6. The van der Waals surface area contributed by atoms with E-state index in [0.29, 0.717) is 22.7 Å². The van der Waals surface area contributed by atoms with Crippen molar-refractivity contribution in [3.63, 3.8) is 0 Å². The van der Waals surface area contributed by atoms with Crippen molar-refractivity contribution in [3.05, 3.63) is 69.6 Å². The molecule has 1 heterocycles. The molecular weight excluding hydrogens is 446 g/mol. The molecular formula is C21H16ClNO7S. The Hall–Kier alpha value is -3.56. The van der Waals surface area contributed by atoms with Crippen LogP contribution >= 0.6 is 22.9 Å². The van der Waals surface area contributed by atoms with E-state index >= 15 is 0 Å². The van der Waals surface area contributed by atoms with Crippen molar-refractivity contribution in [3.8, 4) is 16.2 Å². The summed E-state index contributed by atoms with van der Waals surface area (Å²) < 4.78 is 5.09. The van der Waals surface area contributed by atoms with Crippen molar-refractivity contribution in [2.75, 3.05) is 11.9 Å². The van der Waals surface area contributed by atoms with Gasteiger partial charge in [-0.2, -0.15) is 0 Å². The summed E-state index contributed by atoms with van der Waals surface area (Å²) >= 11 is 7.20. The van der Waals surface area contributed by atoms with E-state index in [1.165, 1.54) is 6.07 Å².